The largest absolute Gasteiger partial charge is 0.494 e. The monoisotopic (exact) mass is 509 g/mol. The van der Waals surface area contributed by atoms with Gasteiger partial charge in [-0.1, -0.05) is 0 Å². The number of nitrogens with zero attached hydrogens (tertiary/aromatic N) is 1. The molecule has 2 aromatic rings. The first-order valence-electron chi connectivity index (χ1n) is 9.77. The molecule has 0 saturated carbocycles. The van der Waals surface area contributed by atoms with Crippen LogP contribution in [0.1, 0.15) is 17.3 Å². The Labute approximate surface area is 191 Å². The minimum absolute atomic E-state index is 0.101. The van der Waals surface area contributed by atoms with Gasteiger partial charge in [0.2, 0.25) is 0 Å². The summed E-state index contributed by atoms with van der Waals surface area (Å²) in [5.74, 6) is -3.83. The smallest absolute Gasteiger partial charge is 0.425 e. The standard InChI is InChI=1S/C21H20F5NO6S/c1-11(21(24,25)26)32-16-6-7-17(34(3,29)30)19(31-2)18(16)20(28)27-9-13(10-27)33-15-5-4-12(22)8-14(15)23/h4-8,11,13H,9-10H2,1-3H3/t11-/m0/s1. The number of sulfone groups is 1. The zero-order chi connectivity index (χ0) is 25.4. The van der Waals surface area contributed by atoms with E-state index < -0.39 is 67.7 Å². The van der Waals surface area contributed by atoms with E-state index in [1.54, 1.807) is 0 Å². The van der Waals surface area contributed by atoms with Crippen LogP contribution in [0.4, 0.5) is 22.0 Å². The molecule has 1 atom stereocenters. The zero-order valence-electron chi connectivity index (χ0n) is 18.2. The SMILES string of the molecule is COc1c(S(C)(=O)=O)ccc(O[C@@H](C)C(F)(F)F)c1C(=O)N1CC(Oc2ccc(F)cc2F)C1. The molecule has 1 heterocycles. The van der Waals surface area contributed by atoms with Crippen molar-refractivity contribution in [3.63, 3.8) is 0 Å². The van der Waals surface area contributed by atoms with Crippen LogP contribution in [-0.2, 0) is 9.84 Å². The molecule has 0 aliphatic carbocycles. The quantitative estimate of drug-likeness (QED) is 0.531. The normalized spacial score (nSPS) is 15.5. The number of carbonyl (C=O) groups excluding carboxylic acids is 1. The molecule has 1 aliphatic heterocycles. The molecule has 186 valence electrons. The van der Waals surface area contributed by atoms with Crippen molar-refractivity contribution in [1.82, 2.24) is 4.90 Å². The van der Waals surface area contributed by atoms with Gasteiger partial charge in [0.1, 0.15) is 28.1 Å². The summed E-state index contributed by atoms with van der Waals surface area (Å²) in [4.78, 5) is 13.9. The maximum Gasteiger partial charge on any atom is 0.425 e. The Kier molecular flexibility index (Phi) is 6.97. The lowest BCUT2D eigenvalue weighted by molar-refractivity contribution is -0.189. The Morgan fingerprint density at radius 3 is 2.26 bits per heavy atom. The van der Waals surface area contributed by atoms with E-state index >= 15 is 0 Å². The van der Waals surface area contributed by atoms with Crippen LogP contribution in [0.25, 0.3) is 0 Å². The summed E-state index contributed by atoms with van der Waals surface area (Å²) >= 11 is 0. The van der Waals surface area contributed by atoms with Gasteiger partial charge in [0, 0.05) is 12.3 Å². The highest BCUT2D eigenvalue weighted by Gasteiger charge is 2.41. The second-order valence-corrected chi connectivity index (χ2v) is 9.55. The average molecular weight is 509 g/mol. The first-order chi connectivity index (χ1) is 15.7. The van der Waals surface area contributed by atoms with Gasteiger partial charge in [-0.05, 0) is 31.2 Å². The van der Waals surface area contributed by atoms with Crippen molar-refractivity contribution < 1.29 is 49.4 Å². The third-order valence-corrected chi connectivity index (χ3v) is 6.11. The number of likely N-dealkylation sites (tertiary alicyclic amines) is 1. The lowest BCUT2D eigenvalue weighted by Gasteiger charge is -2.39. The van der Waals surface area contributed by atoms with Crippen LogP contribution in [0.3, 0.4) is 0 Å². The number of rotatable bonds is 7. The van der Waals surface area contributed by atoms with E-state index in [0.717, 1.165) is 49.5 Å². The summed E-state index contributed by atoms with van der Waals surface area (Å²) in [6.07, 6.45) is -6.89. The fourth-order valence-corrected chi connectivity index (χ4v) is 4.02. The fraction of sp³-hybridized carbons (Fsp3) is 0.381. The fourth-order valence-electron chi connectivity index (χ4n) is 3.19. The molecular weight excluding hydrogens is 489 g/mol. The van der Waals surface area contributed by atoms with E-state index in [1.807, 2.05) is 0 Å². The molecule has 0 radical (unpaired) electrons. The second-order valence-electron chi connectivity index (χ2n) is 7.57. The van der Waals surface area contributed by atoms with E-state index in [2.05, 4.69) is 0 Å². The van der Waals surface area contributed by atoms with Gasteiger partial charge in [0.05, 0.1) is 20.2 Å². The Morgan fingerprint density at radius 1 is 1.12 bits per heavy atom. The van der Waals surface area contributed by atoms with Crippen molar-refractivity contribution >= 4 is 15.7 Å². The first kappa shape index (κ1) is 25.5. The van der Waals surface area contributed by atoms with Crippen LogP contribution in [0.15, 0.2) is 35.2 Å². The van der Waals surface area contributed by atoms with Crippen molar-refractivity contribution in [2.45, 2.75) is 30.2 Å². The molecule has 34 heavy (non-hydrogen) atoms. The van der Waals surface area contributed by atoms with Crippen LogP contribution < -0.4 is 14.2 Å². The zero-order valence-corrected chi connectivity index (χ0v) is 19.0. The average Bonchev–Trinajstić information content (AvgIpc) is 2.69. The molecule has 1 aliphatic rings. The predicted octanol–water partition coefficient (Wildman–Crippen LogP) is 3.61. The predicted molar refractivity (Wildman–Crippen MR) is 109 cm³/mol. The highest BCUT2D eigenvalue weighted by Crippen LogP contribution is 2.38. The van der Waals surface area contributed by atoms with Crippen molar-refractivity contribution in [3.8, 4) is 17.2 Å². The number of benzene rings is 2. The highest BCUT2D eigenvalue weighted by atomic mass is 32.2. The van der Waals surface area contributed by atoms with Gasteiger partial charge >= 0.3 is 6.18 Å². The first-order valence-corrected chi connectivity index (χ1v) is 11.7. The van der Waals surface area contributed by atoms with Crippen LogP contribution in [0, 0.1) is 11.6 Å². The second kappa shape index (κ2) is 9.28. The molecule has 0 aromatic heterocycles. The van der Waals surface area contributed by atoms with Crippen LogP contribution >= 0.6 is 0 Å². The minimum Gasteiger partial charge on any atom is -0.494 e. The number of methoxy groups -OCH3 is 1. The molecule has 1 saturated heterocycles. The van der Waals surface area contributed by atoms with Crippen molar-refractivity contribution in [2.24, 2.45) is 0 Å². The molecule has 2 aromatic carbocycles. The van der Waals surface area contributed by atoms with E-state index in [4.69, 9.17) is 14.2 Å². The Balaban J connectivity index is 1.89. The van der Waals surface area contributed by atoms with Crippen LogP contribution in [-0.4, -0.2) is 64.1 Å². The van der Waals surface area contributed by atoms with Gasteiger partial charge in [-0.3, -0.25) is 4.79 Å². The van der Waals surface area contributed by atoms with Gasteiger partial charge in [0.15, 0.2) is 33.3 Å². The number of hydrogen-bond donors (Lipinski definition) is 0. The highest BCUT2D eigenvalue weighted by molar-refractivity contribution is 7.90. The van der Waals surface area contributed by atoms with Gasteiger partial charge in [-0.15, -0.1) is 0 Å². The van der Waals surface area contributed by atoms with Crippen LogP contribution in [0.5, 0.6) is 17.2 Å². The van der Waals surface area contributed by atoms with Gasteiger partial charge in [0.25, 0.3) is 5.91 Å². The number of hydrogen-bond acceptors (Lipinski definition) is 6. The minimum atomic E-state index is -4.75. The lowest BCUT2D eigenvalue weighted by atomic mass is 10.1. The van der Waals surface area contributed by atoms with Crippen molar-refractivity contribution in [1.29, 1.82) is 0 Å². The van der Waals surface area contributed by atoms with E-state index in [1.165, 1.54) is 0 Å². The number of halogens is 5. The number of amides is 1. The van der Waals surface area contributed by atoms with Gasteiger partial charge in [-0.2, -0.15) is 13.2 Å². The van der Waals surface area contributed by atoms with E-state index in [0.29, 0.717) is 6.07 Å². The maximum atomic E-state index is 13.8. The Morgan fingerprint density at radius 2 is 1.74 bits per heavy atom. The third kappa shape index (κ3) is 5.34. The Hall–Kier alpha value is -3.09. The molecule has 0 unspecified atom stereocenters. The number of ether oxygens (including phenoxy) is 3. The lowest BCUT2D eigenvalue weighted by Crippen LogP contribution is -2.56. The number of carbonyl (C=O) groups is 1. The van der Waals surface area contributed by atoms with Gasteiger partial charge in [-0.25, -0.2) is 17.2 Å². The summed E-state index contributed by atoms with van der Waals surface area (Å²) in [5, 5.41) is 0. The summed E-state index contributed by atoms with van der Waals surface area (Å²) in [6.45, 7) is 0.530. The number of alkyl halides is 3. The van der Waals surface area contributed by atoms with Crippen molar-refractivity contribution in [3.05, 3.63) is 47.5 Å². The molecule has 13 heteroatoms. The molecule has 1 amide bonds. The summed E-state index contributed by atoms with van der Waals surface area (Å²) in [7, 11) is -2.85. The molecule has 0 bridgehead atoms. The van der Waals surface area contributed by atoms with Gasteiger partial charge < -0.3 is 19.1 Å². The van der Waals surface area contributed by atoms with Crippen molar-refractivity contribution in [2.75, 3.05) is 26.5 Å². The van der Waals surface area contributed by atoms with E-state index in [-0.39, 0.29) is 18.8 Å². The Bertz CT molecular complexity index is 1190. The molecular formula is C21H20F5NO6S. The molecule has 0 N–H and O–H groups in total. The summed E-state index contributed by atoms with van der Waals surface area (Å²) < 4.78 is 106. The molecule has 0 spiro atoms. The molecule has 1 fully saturated rings. The maximum absolute atomic E-state index is 13.8. The van der Waals surface area contributed by atoms with Crippen LogP contribution in [0.2, 0.25) is 0 Å². The topological polar surface area (TPSA) is 82.1 Å². The molecule has 3 rings (SSSR count). The summed E-state index contributed by atoms with van der Waals surface area (Å²) in [6, 6.07) is 4.65. The van der Waals surface area contributed by atoms with E-state index in [9.17, 15) is 35.2 Å². The summed E-state index contributed by atoms with van der Waals surface area (Å²) in [5.41, 5.74) is -0.507. The third-order valence-electron chi connectivity index (χ3n) is 4.99. The molecule has 7 nitrogen and oxygen atoms in total.